The summed E-state index contributed by atoms with van der Waals surface area (Å²) in [4.78, 5) is 25.8. The molecular formula is C12H6ClNO2S. The van der Waals surface area contributed by atoms with Crippen molar-refractivity contribution in [3.63, 3.8) is 0 Å². The van der Waals surface area contributed by atoms with Gasteiger partial charge < -0.3 is 0 Å². The molecule has 5 heteroatoms. The third kappa shape index (κ3) is 1.41. The van der Waals surface area contributed by atoms with Gasteiger partial charge in [-0.2, -0.15) is 0 Å². The lowest BCUT2D eigenvalue weighted by Gasteiger charge is -2.13. The Morgan fingerprint density at radius 2 is 1.76 bits per heavy atom. The summed E-state index contributed by atoms with van der Waals surface area (Å²) in [5.74, 6) is -0.643. The van der Waals surface area contributed by atoms with Crippen LogP contribution in [0.1, 0.15) is 20.0 Å². The second-order valence-corrected chi connectivity index (χ2v) is 4.86. The first-order valence-electron chi connectivity index (χ1n) is 4.91. The van der Waals surface area contributed by atoms with Crippen LogP contribution in [0.4, 0.5) is 5.69 Å². The fourth-order valence-electron chi connectivity index (χ4n) is 1.81. The number of fused-ring (bicyclic) bond motifs is 1. The monoisotopic (exact) mass is 263 g/mol. The molecule has 2 amide bonds. The second kappa shape index (κ2) is 3.68. The summed E-state index contributed by atoms with van der Waals surface area (Å²) in [7, 11) is 0. The van der Waals surface area contributed by atoms with Crippen LogP contribution in [0.25, 0.3) is 0 Å². The molecule has 0 spiro atoms. The van der Waals surface area contributed by atoms with Crippen molar-refractivity contribution in [2.45, 2.75) is 0 Å². The van der Waals surface area contributed by atoms with Crippen molar-refractivity contribution < 1.29 is 9.59 Å². The van der Waals surface area contributed by atoms with Crippen LogP contribution in [-0.4, -0.2) is 11.8 Å². The Hall–Kier alpha value is -1.65. The van der Waals surface area contributed by atoms with E-state index in [1.165, 1.54) is 11.3 Å². The SMILES string of the molecule is O=C1c2scc(Cl)c2C(=O)N1c1ccccc1. The third-order valence-electron chi connectivity index (χ3n) is 2.57. The number of thiophene rings is 1. The highest BCUT2D eigenvalue weighted by molar-refractivity contribution is 7.13. The van der Waals surface area contributed by atoms with Gasteiger partial charge >= 0.3 is 0 Å². The highest BCUT2D eigenvalue weighted by atomic mass is 35.5. The van der Waals surface area contributed by atoms with Gasteiger partial charge in [0.25, 0.3) is 11.8 Å². The Bertz CT molecular complexity index is 621. The zero-order valence-corrected chi connectivity index (χ0v) is 10.1. The minimum absolute atomic E-state index is 0.298. The molecule has 0 saturated carbocycles. The number of amides is 2. The van der Waals surface area contributed by atoms with E-state index in [2.05, 4.69) is 0 Å². The summed E-state index contributed by atoms with van der Waals surface area (Å²) in [6, 6.07) is 8.84. The number of halogens is 1. The van der Waals surface area contributed by atoms with Gasteiger partial charge in [0, 0.05) is 5.38 Å². The number of rotatable bonds is 1. The lowest BCUT2D eigenvalue weighted by Crippen LogP contribution is -2.29. The Labute approximate surface area is 106 Å². The van der Waals surface area contributed by atoms with E-state index < -0.39 is 0 Å². The topological polar surface area (TPSA) is 37.4 Å². The van der Waals surface area contributed by atoms with Crippen molar-refractivity contribution in [1.29, 1.82) is 0 Å². The fourth-order valence-corrected chi connectivity index (χ4v) is 3.02. The molecule has 0 N–H and O–H groups in total. The number of nitrogens with zero attached hydrogens (tertiary/aromatic N) is 1. The summed E-state index contributed by atoms with van der Waals surface area (Å²) in [5, 5.41) is 1.96. The van der Waals surface area contributed by atoms with Crippen molar-refractivity contribution in [3.8, 4) is 0 Å². The Kier molecular flexibility index (Phi) is 2.28. The molecule has 84 valence electrons. The van der Waals surface area contributed by atoms with Crippen LogP contribution < -0.4 is 4.90 Å². The normalized spacial score (nSPS) is 14.3. The molecule has 2 aromatic rings. The number of hydrogen-bond donors (Lipinski definition) is 0. The Morgan fingerprint density at radius 1 is 1.06 bits per heavy atom. The predicted octanol–water partition coefficient (Wildman–Crippen LogP) is 3.20. The standard InChI is InChI=1S/C12H6ClNO2S/c13-8-6-17-10-9(8)11(15)14(12(10)16)7-4-2-1-3-5-7/h1-6H. The number of benzene rings is 1. The predicted molar refractivity (Wildman–Crippen MR) is 66.9 cm³/mol. The van der Waals surface area contributed by atoms with Crippen molar-refractivity contribution in [2.75, 3.05) is 4.90 Å². The van der Waals surface area contributed by atoms with Crippen LogP contribution in [0.3, 0.4) is 0 Å². The fraction of sp³-hybridized carbons (Fsp3) is 0. The lowest BCUT2D eigenvalue weighted by molar-refractivity contribution is 0.0927. The molecule has 0 fully saturated rings. The minimum atomic E-state index is -0.345. The molecule has 1 aromatic heterocycles. The molecule has 0 aliphatic carbocycles. The number of hydrogen-bond acceptors (Lipinski definition) is 3. The van der Waals surface area contributed by atoms with Crippen molar-refractivity contribution in [1.82, 2.24) is 0 Å². The molecular weight excluding hydrogens is 258 g/mol. The van der Waals surface area contributed by atoms with E-state index in [-0.39, 0.29) is 11.8 Å². The van der Waals surface area contributed by atoms with Gasteiger partial charge in [-0.25, -0.2) is 4.90 Å². The van der Waals surface area contributed by atoms with E-state index in [1.54, 1.807) is 29.6 Å². The van der Waals surface area contributed by atoms with Crippen LogP contribution in [0.15, 0.2) is 35.7 Å². The van der Waals surface area contributed by atoms with Crippen LogP contribution in [-0.2, 0) is 0 Å². The number of carbonyl (C=O) groups excluding carboxylic acids is 2. The number of para-hydroxylation sites is 1. The zero-order valence-electron chi connectivity index (χ0n) is 8.51. The first kappa shape index (κ1) is 10.5. The maximum absolute atomic E-state index is 12.1. The number of carbonyl (C=O) groups is 2. The molecule has 3 nitrogen and oxygen atoms in total. The largest absolute Gasteiger partial charge is 0.276 e. The average molecular weight is 264 g/mol. The van der Waals surface area contributed by atoms with Crippen LogP contribution in [0, 0.1) is 0 Å². The third-order valence-corrected chi connectivity index (χ3v) is 3.97. The molecule has 0 unspecified atom stereocenters. The molecule has 1 aromatic carbocycles. The summed E-state index contributed by atoms with van der Waals surface area (Å²) in [5.41, 5.74) is 0.896. The van der Waals surface area contributed by atoms with Gasteiger partial charge in [-0.1, -0.05) is 29.8 Å². The van der Waals surface area contributed by atoms with Gasteiger partial charge in [0.1, 0.15) is 4.88 Å². The Morgan fingerprint density at radius 3 is 2.41 bits per heavy atom. The molecule has 0 saturated heterocycles. The van der Waals surface area contributed by atoms with Gasteiger partial charge in [0.05, 0.1) is 16.3 Å². The summed E-state index contributed by atoms with van der Waals surface area (Å²) < 4.78 is 0. The first-order chi connectivity index (χ1) is 8.20. The summed E-state index contributed by atoms with van der Waals surface area (Å²) >= 11 is 7.11. The maximum Gasteiger partial charge on any atom is 0.276 e. The number of anilines is 1. The molecule has 3 rings (SSSR count). The summed E-state index contributed by atoms with van der Waals surface area (Å²) in [6.45, 7) is 0. The smallest absolute Gasteiger partial charge is 0.268 e. The molecule has 0 atom stereocenters. The van der Waals surface area contributed by atoms with Crippen LogP contribution >= 0.6 is 22.9 Å². The molecule has 1 aliphatic heterocycles. The lowest BCUT2D eigenvalue weighted by atomic mass is 10.3. The van der Waals surface area contributed by atoms with Gasteiger partial charge in [-0.05, 0) is 12.1 Å². The van der Waals surface area contributed by atoms with E-state index in [9.17, 15) is 9.59 Å². The Balaban J connectivity index is 2.13. The van der Waals surface area contributed by atoms with E-state index in [0.29, 0.717) is 21.2 Å². The highest BCUT2D eigenvalue weighted by Gasteiger charge is 2.39. The van der Waals surface area contributed by atoms with Gasteiger partial charge in [-0.3, -0.25) is 9.59 Å². The zero-order chi connectivity index (χ0) is 12.0. The quantitative estimate of drug-likeness (QED) is 0.741. The van der Waals surface area contributed by atoms with Gasteiger partial charge in [0.15, 0.2) is 0 Å². The van der Waals surface area contributed by atoms with Crippen molar-refractivity contribution in [2.24, 2.45) is 0 Å². The number of imide groups is 1. The second-order valence-electron chi connectivity index (χ2n) is 3.57. The van der Waals surface area contributed by atoms with E-state index in [4.69, 9.17) is 11.6 Å². The van der Waals surface area contributed by atoms with Gasteiger partial charge in [-0.15, -0.1) is 11.3 Å². The molecule has 0 radical (unpaired) electrons. The van der Waals surface area contributed by atoms with Crippen LogP contribution in [0.5, 0.6) is 0 Å². The van der Waals surface area contributed by atoms with E-state index >= 15 is 0 Å². The molecule has 1 aliphatic rings. The highest BCUT2D eigenvalue weighted by Crippen LogP contribution is 2.36. The van der Waals surface area contributed by atoms with E-state index in [0.717, 1.165) is 4.90 Å². The van der Waals surface area contributed by atoms with Gasteiger partial charge in [0.2, 0.25) is 0 Å². The van der Waals surface area contributed by atoms with Crippen molar-refractivity contribution >= 4 is 40.4 Å². The first-order valence-corrected chi connectivity index (χ1v) is 6.16. The summed E-state index contributed by atoms with van der Waals surface area (Å²) in [6.07, 6.45) is 0. The molecule has 2 heterocycles. The maximum atomic E-state index is 12.1. The van der Waals surface area contributed by atoms with E-state index in [1.807, 2.05) is 6.07 Å². The average Bonchev–Trinajstić information content (AvgIpc) is 2.82. The van der Waals surface area contributed by atoms with Crippen LogP contribution in [0.2, 0.25) is 5.02 Å². The molecule has 0 bridgehead atoms. The molecule has 17 heavy (non-hydrogen) atoms. The van der Waals surface area contributed by atoms with Crippen molar-refractivity contribution in [3.05, 3.63) is 51.2 Å². The minimum Gasteiger partial charge on any atom is -0.268 e.